The molecule has 13 heavy (non-hydrogen) atoms. The maximum atomic E-state index is 11.5. The third-order valence-electron chi connectivity index (χ3n) is 1.27. The summed E-state index contributed by atoms with van der Waals surface area (Å²) in [4.78, 5) is 3.64. The summed E-state index contributed by atoms with van der Waals surface area (Å²) in [6, 6.07) is 0. The number of nitrogen functional groups attached to an aromatic ring is 1. The summed E-state index contributed by atoms with van der Waals surface area (Å²) in [6.45, 7) is -0.372. The fourth-order valence-electron chi connectivity index (χ4n) is 0.766. The van der Waals surface area contributed by atoms with Gasteiger partial charge in [-0.05, 0) is 0 Å². The highest BCUT2D eigenvalue weighted by Crippen LogP contribution is 2.15. The Balaban J connectivity index is 2.28. The number of hydrogen-bond acceptors (Lipinski definition) is 3. The van der Waals surface area contributed by atoms with Crippen LogP contribution in [0.25, 0.3) is 0 Å². The van der Waals surface area contributed by atoms with E-state index in [-0.39, 0.29) is 12.4 Å². The number of anilines is 1. The molecule has 0 saturated carbocycles. The largest absolute Gasteiger partial charge is 0.522 e. The number of nitrogens with zero attached hydrogens (tertiary/aromatic N) is 2. The molecule has 0 fully saturated rings. The minimum Gasteiger partial charge on any atom is -0.382 e. The fraction of sp³-hybridized carbons (Fsp3) is 0.500. The van der Waals surface area contributed by atoms with Crippen molar-refractivity contribution in [1.82, 2.24) is 9.55 Å². The number of aromatic nitrogens is 2. The van der Waals surface area contributed by atoms with E-state index in [1.54, 1.807) is 0 Å². The van der Waals surface area contributed by atoms with Crippen molar-refractivity contribution < 1.29 is 17.9 Å². The second kappa shape index (κ2) is 3.65. The Morgan fingerprint density at radius 1 is 1.54 bits per heavy atom. The summed E-state index contributed by atoms with van der Waals surface area (Å²) in [5.41, 5.74) is 5.24. The summed E-state index contributed by atoms with van der Waals surface area (Å²) >= 11 is 0. The van der Waals surface area contributed by atoms with Gasteiger partial charge in [0.15, 0.2) is 0 Å². The Bertz CT molecular complexity index is 270. The van der Waals surface area contributed by atoms with Crippen molar-refractivity contribution >= 4 is 5.82 Å². The first-order chi connectivity index (χ1) is 5.97. The molecule has 0 amide bonds. The van der Waals surface area contributed by atoms with Crippen LogP contribution in [0.3, 0.4) is 0 Å². The number of ether oxygens (including phenoxy) is 1. The van der Waals surface area contributed by atoms with Gasteiger partial charge in [-0.1, -0.05) is 0 Å². The smallest absolute Gasteiger partial charge is 0.382 e. The molecule has 0 spiro atoms. The SMILES string of the molecule is Nc1cn(CCOC(F)(F)F)cn1. The van der Waals surface area contributed by atoms with E-state index in [9.17, 15) is 13.2 Å². The summed E-state index contributed by atoms with van der Waals surface area (Å²) in [6.07, 6.45) is -1.80. The molecule has 0 aromatic carbocycles. The fourth-order valence-corrected chi connectivity index (χ4v) is 0.766. The van der Waals surface area contributed by atoms with Crippen molar-refractivity contribution in [3.63, 3.8) is 0 Å². The van der Waals surface area contributed by atoms with Gasteiger partial charge in [-0.3, -0.25) is 4.74 Å². The molecule has 1 aromatic rings. The van der Waals surface area contributed by atoms with Crippen molar-refractivity contribution in [1.29, 1.82) is 0 Å². The van der Waals surface area contributed by atoms with Gasteiger partial charge in [0.25, 0.3) is 0 Å². The average Bonchev–Trinajstić information content (AvgIpc) is 2.33. The minimum absolute atomic E-state index is 0.0731. The van der Waals surface area contributed by atoms with Crippen LogP contribution in [0.15, 0.2) is 12.5 Å². The molecule has 0 atom stereocenters. The molecule has 0 aliphatic heterocycles. The van der Waals surface area contributed by atoms with Gasteiger partial charge in [-0.2, -0.15) is 0 Å². The molecule has 4 nitrogen and oxygen atoms in total. The third kappa shape index (κ3) is 3.79. The lowest BCUT2D eigenvalue weighted by Crippen LogP contribution is -2.16. The number of halogens is 3. The lowest BCUT2D eigenvalue weighted by molar-refractivity contribution is -0.325. The lowest BCUT2D eigenvalue weighted by atomic mass is 10.6. The van der Waals surface area contributed by atoms with Crippen molar-refractivity contribution in [2.75, 3.05) is 12.3 Å². The predicted molar refractivity (Wildman–Crippen MR) is 38.6 cm³/mol. The van der Waals surface area contributed by atoms with Gasteiger partial charge in [0.05, 0.1) is 12.9 Å². The summed E-state index contributed by atoms with van der Waals surface area (Å²) < 4.78 is 39.4. The van der Waals surface area contributed by atoms with Crippen LogP contribution in [0, 0.1) is 0 Å². The van der Waals surface area contributed by atoms with E-state index in [0.29, 0.717) is 0 Å². The molecule has 0 saturated heterocycles. The van der Waals surface area contributed by atoms with Gasteiger partial charge in [0.1, 0.15) is 5.82 Å². The van der Waals surface area contributed by atoms with Gasteiger partial charge in [-0.25, -0.2) is 4.98 Å². The Hall–Kier alpha value is -1.24. The first-order valence-corrected chi connectivity index (χ1v) is 3.45. The molecule has 1 aromatic heterocycles. The van der Waals surface area contributed by atoms with Crippen LogP contribution in [-0.2, 0) is 11.3 Å². The minimum atomic E-state index is -4.58. The number of alkyl halides is 3. The van der Waals surface area contributed by atoms with Gasteiger partial charge >= 0.3 is 6.36 Å². The standard InChI is InChI=1S/C6H8F3N3O/c7-6(8,9)13-2-1-12-3-5(10)11-4-12/h3-4H,1-2,10H2. The van der Waals surface area contributed by atoms with Crippen LogP contribution >= 0.6 is 0 Å². The van der Waals surface area contributed by atoms with E-state index in [1.807, 2.05) is 0 Å². The molecule has 0 aliphatic rings. The highest BCUT2D eigenvalue weighted by Gasteiger charge is 2.28. The molecule has 2 N–H and O–H groups in total. The van der Waals surface area contributed by atoms with Crippen molar-refractivity contribution in [3.05, 3.63) is 12.5 Å². The van der Waals surface area contributed by atoms with E-state index in [4.69, 9.17) is 5.73 Å². The zero-order valence-corrected chi connectivity index (χ0v) is 6.58. The first kappa shape index (κ1) is 9.85. The van der Waals surface area contributed by atoms with E-state index in [0.717, 1.165) is 0 Å². The topological polar surface area (TPSA) is 53.1 Å². The average molecular weight is 195 g/mol. The van der Waals surface area contributed by atoms with E-state index >= 15 is 0 Å². The molecule has 1 heterocycles. The Morgan fingerprint density at radius 2 is 2.23 bits per heavy atom. The monoisotopic (exact) mass is 195 g/mol. The summed E-state index contributed by atoms with van der Waals surface area (Å²) in [5.74, 6) is 0.270. The molecule has 7 heteroatoms. The highest BCUT2D eigenvalue weighted by molar-refractivity contribution is 5.22. The van der Waals surface area contributed by atoms with E-state index in [2.05, 4.69) is 9.72 Å². The Kier molecular flexibility index (Phi) is 2.76. The first-order valence-electron chi connectivity index (χ1n) is 3.45. The molecule has 1 rings (SSSR count). The zero-order valence-electron chi connectivity index (χ0n) is 6.58. The normalized spacial score (nSPS) is 11.9. The van der Waals surface area contributed by atoms with E-state index < -0.39 is 13.0 Å². The van der Waals surface area contributed by atoms with Crippen LogP contribution in [-0.4, -0.2) is 22.5 Å². The lowest BCUT2D eigenvalue weighted by Gasteiger charge is -2.06. The molecule has 0 bridgehead atoms. The number of hydrogen-bond donors (Lipinski definition) is 1. The van der Waals surface area contributed by atoms with Gasteiger partial charge in [0.2, 0.25) is 0 Å². The number of nitrogens with two attached hydrogens (primary N) is 1. The summed E-state index contributed by atoms with van der Waals surface area (Å²) in [5, 5.41) is 0. The maximum Gasteiger partial charge on any atom is 0.522 e. The van der Waals surface area contributed by atoms with Gasteiger partial charge in [0, 0.05) is 12.7 Å². The zero-order chi connectivity index (χ0) is 9.90. The van der Waals surface area contributed by atoms with Crippen molar-refractivity contribution in [2.24, 2.45) is 0 Å². The molecule has 0 aliphatic carbocycles. The number of rotatable bonds is 3. The number of imidazole rings is 1. The quantitative estimate of drug-likeness (QED) is 0.782. The van der Waals surface area contributed by atoms with Crippen LogP contribution < -0.4 is 5.73 Å². The van der Waals surface area contributed by atoms with Gasteiger partial charge < -0.3 is 10.3 Å². The second-order valence-electron chi connectivity index (χ2n) is 2.33. The molecular weight excluding hydrogens is 187 g/mol. The van der Waals surface area contributed by atoms with Crippen molar-refractivity contribution in [3.8, 4) is 0 Å². The predicted octanol–water partition coefficient (Wildman–Crippen LogP) is 1.00. The van der Waals surface area contributed by atoms with Crippen molar-refractivity contribution in [2.45, 2.75) is 12.9 Å². The Labute approximate surface area is 72.1 Å². The van der Waals surface area contributed by atoms with Gasteiger partial charge in [-0.15, -0.1) is 13.2 Å². The van der Waals surface area contributed by atoms with Crippen LogP contribution in [0.1, 0.15) is 0 Å². The van der Waals surface area contributed by atoms with Crippen LogP contribution in [0.5, 0.6) is 0 Å². The van der Waals surface area contributed by atoms with Crippen LogP contribution in [0.2, 0.25) is 0 Å². The Morgan fingerprint density at radius 3 is 2.69 bits per heavy atom. The molecule has 0 unspecified atom stereocenters. The summed E-state index contributed by atoms with van der Waals surface area (Å²) in [7, 11) is 0. The van der Waals surface area contributed by atoms with E-state index in [1.165, 1.54) is 17.1 Å². The molecule has 74 valence electrons. The second-order valence-corrected chi connectivity index (χ2v) is 2.33. The third-order valence-corrected chi connectivity index (χ3v) is 1.27. The highest BCUT2D eigenvalue weighted by atomic mass is 19.4. The molecular formula is C6H8F3N3O. The van der Waals surface area contributed by atoms with Crippen LogP contribution in [0.4, 0.5) is 19.0 Å². The maximum absolute atomic E-state index is 11.5. The molecule has 0 radical (unpaired) electrons.